The summed E-state index contributed by atoms with van der Waals surface area (Å²) in [5.41, 5.74) is 5.66. The van der Waals surface area contributed by atoms with Gasteiger partial charge >= 0.3 is 0 Å². The van der Waals surface area contributed by atoms with E-state index < -0.39 is 0 Å². The first kappa shape index (κ1) is 13.1. The zero-order valence-corrected chi connectivity index (χ0v) is 9.93. The quantitative estimate of drug-likeness (QED) is 0.650. The number of aromatic nitrogens is 3. The summed E-state index contributed by atoms with van der Waals surface area (Å²) in [6, 6.07) is -0.112. The van der Waals surface area contributed by atoms with Crippen LogP contribution < -0.4 is 5.73 Å². The lowest BCUT2D eigenvalue weighted by Gasteiger charge is -2.03. The molecule has 0 radical (unpaired) electrons. The third kappa shape index (κ3) is 4.69. The molecule has 6 nitrogen and oxygen atoms in total. The maximum Gasteiger partial charge on any atom is 0.166 e. The standard InChI is InChI=1S/C10H20N4O2/c1-9(11)10-12-8-14(13-10)4-3-5-16-7-6-15-2/h8-9H,3-7,11H2,1-2H3. The Morgan fingerprint density at radius 1 is 1.44 bits per heavy atom. The van der Waals surface area contributed by atoms with Gasteiger partial charge in [0.25, 0.3) is 0 Å². The van der Waals surface area contributed by atoms with Gasteiger partial charge in [-0.05, 0) is 13.3 Å². The molecule has 16 heavy (non-hydrogen) atoms. The minimum absolute atomic E-state index is 0.112. The van der Waals surface area contributed by atoms with Crippen LogP contribution in [0.2, 0.25) is 0 Å². The molecule has 0 amide bonds. The molecular weight excluding hydrogens is 208 g/mol. The van der Waals surface area contributed by atoms with Crippen LogP contribution in [0.25, 0.3) is 0 Å². The van der Waals surface area contributed by atoms with Gasteiger partial charge in [-0.15, -0.1) is 0 Å². The Bertz CT molecular complexity index is 288. The zero-order valence-electron chi connectivity index (χ0n) is 9.93. The van der Waals surface area contributed by atoms with E-state index >= 15 is 0 Å². The molecule has 1 heterocycles. The van der Waals surface area contributed by atoms with Crippen LogP contribution in [0.1, 0.15) is 25.2 Å². The molecule has 0 aromatic carbocycles. The van der Waals surface area contributed by atoms with E-state index in [1.54, 1.807) is 18.1 Å². The molecule has 92 valence electrons. The fourth-order valence-electron chi connectivity index (χ4n) is 1.20. The van der Waals surface area contributed by atoms with Gasteiger partial charge in [0.1, 0.15) is 6.33 Å². The number of methoxy groups -OCH3 is 1. The van der Waals surface area contributed by atoms with Crippen LogP contribution in [0.4, 0.5) is 0 Å². The van der Waals surface area contributed by atoms with E-state index in [-0.39, 0.29) is 6.04 Å². The molecule has 0 saturated heterocycles. The number of nitrogens with two attached hydrogens (primary N) is 1. The van der Waals surface area contributed by atoms with E-state index in [1.807, 2.05) is 6.92 Å². The van der Waals surface area contributed by atoms with Crippen LogP contribution in [0, 0.1) is 0 Å². The third-order valence-electron chi connectivity index (χ3n) is 2.07. The molecule has 1 rings (SSSR count). The largest absolute Gasteiger partial charge is 0.382 e. The maximum absolute atomic E-state index is 5.66. The number of hydrogen-bond donors (Lipinski definition) is 1. The van der Waals surface area contributed by atoms with Crippen molar-refractivity contribution < 1.29 is 9.47 Å². The Kier molecular flexibility index (Phi) is 5.99. The summed E-state index contributed by atoms with van der Waals surface area (Å²) in [4.78, 5) is 4.11. The van der Waals surface area contributed by atoms with Crippen molar-refractivity contribution in [3.63, 3.8) is 0 Å². The van der Waals surface area contributed by atoms with Crippen molar-refractivity contribution >= 4 is 0 Å². The molecule has 6 heteroatoms. The van der Waals surface area contributed by atoms with Gasteiger partial charge in [-0.3, -0.25) is 4.68 Å². The van der Waals surface area contributed by atoms with E-state index in [2.05, 4.69) is 10.1 Å². The van der Waals surface area contributed by atoms with Gasteiger partial charge in [0.05, 0.1) is 19.3 Å². The van der Waals surface area contributed by atoms with E-state index in [4.69, 9.17) is 15.2 Å². The predicted molar refractivity (Wildman–Crippen MR) is 59.9 cm³/mol. The highest BCUT2D eigenvalue weighted by Gasteiger charge is 2.04. The van der Waals surface area contributed by atoms with Gasteiger partial charge in [-0.2, -0.15) is 5.10 Å². The van der Waals surface area contributed by atoms with Gasteiger partial charge in [-0.1, -0.05) is 0 Å². The minimum atomic E-state index is -0.112. The fourth-order valence-corrected chi connectivity index (χ4v) is 1.20. The second-order valence-electron chi connectivity index (χ2n) is 3.61. The van der Waals surface area contributed by atoms with E-state index in [9.17, 15) is 0 Å². The SMILES string of the molecule is COCCOCCCn1cnc(C(C)N)n1. The summed E-state index contributed by atoms with van der Waals surface area (Å²) in [7, 11) is 1.66. The maximum atomic E-state index is 5.66. The molecule has 2 N–H and O–H groups in total. The van der Waals surface area contributed by atoms with E-state index in [0.29, 0.717) is 25.6 Å². The molecule has 0 fully saturated rings. The highest BCUT2D eigenvalue weighted by atomic mass is 16.5. The molecule has 1 atom stereocenters. The summed E-state index contributed by atoms with van der Waals surface area (Å²) >= 11 is 0. The van der Waals surface area contributed by atoms with Gasteiger partial charge in [0, 0.05) is 20.3 Å². The topological polar surface area (TPSA) is 75.2 Å². The summed E-state index contributed by atoms with van der Waals surface area (Å²) < 4.78 is 12.0. The number of rotatable bonds is 8. The Hall–Kier alpha value is -0.980. The number of ether oxygens (including phenoxy) is 2. The molecule has 1 aromatic rings. The van der Waals surface area contributed by atoms with Crippen LogP contribution in [-0.2, 0) is 16.0 Å². The van der Waals surface area contributed by atoms with Crippen molar-refractivity contribution in [2.75, 3.05) is 26.9 Å². The average molecular weight is 228 g/mol. The van der Waals surface area contributed by atoms with Crippen molar-refractivity contribution in [3.05, 3.63) is 12.2 Å². The summed E-state index contributed by atoms with van der Waals surface area (Å²) in [5, 5.41) is 4.24. The van der Waals surface area contributed by atoms with Crippen molar-refractivity contribution in [2.45, 2.75) is 25.9 Å². The first-order valence-electron chi connectivity index (χ1n) is 5.45. The van der Waals surface area contributed by atoms with Crippen molar-refractivity contribution in [3.8, 4) is 0 Å². The van der Waals surface area contributed by atoms with Crippen molar-refractivity contribution in [1.29, 1.82) is 0 Å². The van der Waals surface area contributed by atoms with Crippen LogP contribution >= 0.6 is 0 Å². The Balaban J connectivity index is 2.12. The average Bonchev–Trinajstić information content (AvgIpc) is 2.72. The molecule has 0 spiro atoms. The first-order chi connectivity index (χ1) is 7.74. The summed E-state index contributed by atoms with van der Waals surface area (Å²) in [6.45, 7) is 4.65. The number of hydrogen-bond acceptors (Lipinski definition) is 5. The van der Waals surface area contributed by atoms with Gasteiger partial charge in [-0.25, -0.2) is 4.98 Å². The zero-order chi connectivity index (χ0) is 11.8. The highest BCUT2D eigenvalue weighted by Crippen LogP contribution is 2.01. The smallest absolute Gasteiger partial charge is 0.166 e. The number of nitrogens with zero attached hydrogens (tertiary/aromatic N) is 3. The molecule has 0 aliphatic carbocycles. The second kappa shape index (κ2) is 7.32. The molecular formula is C10H20N4O2. The Labute approximate surface area is 95.7 Å². The molecule has 0 aliphatic rings. The molecule has 1 aromatic heterocycles. The second-order valence-corrected chi connectivity index (χ2v) is 3.61. The lowest BCUT2D eigenvalue weighted by Crippen LogP contribution is -2.09. The van der Waals surface area contributed by atoms with Crippen LogP contribution in [0.3, 0.4) is 0 Å². The van der Waals surface area contributed by atoms with Gasteiger partial charge in [0.2, 0.25) is 0 Å². The first-order valence-corrected chi connectivity index (χ1v) is 5.45. The predicted octanol–water partition coefficient (Wildman–Crippen LogP) is 0.351. The van der Waals surface area contributed by atoms with Gasteiger partial charge in [0.15, 0.2) is 5.82 Å². The Morgan fingerprint density at radius 2 is 2.25 bits per heavy atom. The number of aryl methyl sites for hydroxylation is 1. The minimum Gasteiger partial charge on any atom is -0.382 e. The van der Waals surface area contributed by atoms with Gasteiger partial charge < -0.3 is 15.2 Å². The highest BCUT2D eigenvalue weighted by molar-refractivity contribution is 4.87. The van der Waals surface area contributed by atoms with E-state index in [0.717, 1.165) is 13.0 Å². The van der Waals surface area contributed by atoms with Crippen LogP contribution in [0.15, 0.2) is 6.33 Å². The molecule has 1 unspecified atom stereocenters. The Morgan fingerprint density at radius 3 is 2.88 bits per heavy atom. The third-order valence-corrected chi connectivity index (χ3v) is 2.07. The monoisotopic (exact) mass is 228 g/mol. The fraction of sp³-hybridized carbons (Fsp3) is 0.800. The normalized spacial score (nSPS) is 12.9. The lowest BCUT2D eigenvalue weighted by atomic mass is 10.3. The van der Waals surface area contributed by atoms with Crippen LogP contribution in [0.5, 0.6) is 0 Å². The van der Waals surface area contributed by atoms with Crippen molar-refractivity contribution in [2.24, 2.45) is 5.73 Å². The molecule has 0 aliphatic heterocycles. The van der Waals surface area contributed by atoms with E-state index in [1.165, 1.54) is 0 Å². The molecule has 0 bridgehead atoms. The van der Waals surface area contributed by atoms with Crippen molar-refractivity contribution in [1.82, 2.24) is 14.8 Å². The molecule has 0 saturated carbocycles. The van der Waals surface area contributed by atoms with Crippen LogP contribution in [-0.4, -0.2) is 41.7 Å². The summed E-state index contributed by atoms with van der Waals surface area (Å²) in [5.74, 6) is 0.681. The lowest BCUT2D eigenvalue weighted by molar-refractivity contribution is 0.0677. The summed E-state index contributed by atoms with van der Waals surface area (Å²) in [6.07, 6.45) is 2.61.